The molecule has 2 aliphatic rings. The molecule has 3 rings (SSSR count). The summed E-state index contributed by atoms with van der Waals surface area (Å²) in [5.74, 6) is -1.91. The van der Waals surface area contributed by atoms with Gasteiger partial charge in [0.1, 0.15) is 17.3 Å². The van der Waals surface area contributed by atoms with Crippen LogP contribution in [0.3, 0.4) is 0 Å². The summed E-state index contributed by atoms with van der Waals surface area (Å²) in [7, 11) is 0. The largest absolute Gasteiger partial charge is 0.335 e. The monoisotopic (exact) mass is 273 g/mol. The van der Waals surface area contributed by atoms with Crippen molar-refractivity contribution in [3.05, 3.63) is 29.6 Å². The summed E-state index contributed by atoms with van der Waals surface area (Å²) in [4.78, 5) is 36.6. The molecule has 1 saturated carbocycles. The molecule has 0 bridgehead atoms. The molecule has 100 valence electrons. The van der Waals surface area contributed by atoms with Crippen LogP contribution in [0.1, 0.15) is 18.4 Å². The Morgan fingerprint density at radius 1 is 1.30 bits per heavy atom. The van der Waals surface area contributed by atoms with Crippen LogP contribution in [0.15, 0.2) is 18.2 Å². The van der Waals surface area contributed by atoms with E-state index in [4.69, 9.17) is 5.26 Å². The smallest absolute Gasteiger partial charge is 0.276 e. The molecule has 4 amide bonds. The minimum atomic E-state index is -1.20. The molecular formula is C13H8FN3O3. The summed E-state index contributed by atoms with van der Waals surface area (Å²) >= 11 is 0. The van der Waals surface area contributed by atoms with E-state index in [-0.39, 0.29) is 11.3 Å². The first-order valence-corrected chi connectivity index (χ1v) is 5.89. The van der Waals surface area contributed by atoms with Gasteiger partial charge in [-0.2, -0.15) is 5.26 Å². The van der Waals surface area contributed by atoms with Crippen molar-refractivity contribution in [3.63, 3.8) is 0 Å². The van der Waals surface area contributed by atoms with Crippen molar-refractivity contribution >= 4 is 23.5 Å². The molecule has 7 heteroatoms. The average Bonchev–Trinajstić information content (AvgIpc) is 3.20. The Hall–Kier alpha value is -2.75. The summed E-state index contributed by atoms with van der Waals surface area (Å²) in [6.07, 6.45) is 0.731. The molecule has 20 heavy (non-hydrogen) atoms. The molecule has 1 aliphatic carbocycles. The fourth-order valence-electron chi connectivity index (χ4n) is 2.25. The Morgan fingerprint density at radius 2 is 2.00 bits per heavy atom. The number of hydrogen-bond donors (Lipinski definition) is 1. The van der Waals surface area contributed by atoms with Crippen LogP contribution < -0.4 is 10.2 Å². The quantitative estimate of drug-likeness (QED) is 0.774. The van der Waals surface area contributed by atoms with Gasteiger partial charge in [0.15, 0.2) is 0 Å². The van der Waals surface area contributed by atoms with Gasteiger partial charge in [-0.1, -0.05) is 0 Å². The van der Waals surface area contributed by atoms with Gasteiger partial charge in [0.25, 0.3) is 5.91 Å². The highest BCUT2D eigenvalue weighted by Gasteiger charge is 2.62. The number of hydrogen-bond acceptors (Lipinski definition) is 4. The van der Waals surface area contributed by atoms with Crippen molar-refractivity contribution in [2.45, 2.75) is 12.8 Å². The number of nitrogens with zero attached hydrogens (tertiary/aromatic N) is 2. The molecule has 1 aromatic rings. The number of barbiturate groups is 1. The molecule has 0 unspecified atom stereocenters. The number of imide groups is 2. The highest BCUT2D eigenvalue weighted by Crippen LogP contribution is 2.49. The van der Waals surface area contributed by atoms with Crippen LogP contribution in [0.25, 0.3) is 0 Å². The molecule has 2 fully saturated rings. The zero-order chi connectivity index (χ0) is 14.5. The number of rotatable bonds is 1. The van der Waals surface area contributed by atoms with Gasteiger partial charge in [0.05, 0.1) is 11.3 Å². The number of nitriles is 1. The molecule has 1 aromatic carbocycles. The van der Waals surface area contributed by atoms with Gasteiger partial charge in [-0.25, -0.2) is 14.1 Å². The maximum Gasteiger partial charge on any atom is 0.335 e. The van der Waals surface area contributed by atoms with Crippen molar-refractivity contribution < 1.29 is 18.8 Å². The van der Waals surface area contributed by atoms with E-state index < -0.39 is 29.1 Å². The van der Waals surface area contributed by atoms with Gasteiger partial charge in [-0.3, -0.25) is 14.9 Å². The standard InChI is InChI=1S/C13H8FN3O3/c14-8-1-2-9(7(5-8)6-15)17-11(19)13(3-4-13)10(18)16-12(17)20/h1-2,5H,3-4H2,(H,16,18,20). The molecule has 1 N–H and O–H groups in total. The third-order valence-electron chi connectivity index (χ3n) is 3.54. The SMILES string of the molecule is N#Cc1cc(F)ccc1N1C(=O)NC(=O)C2(CC2)C1=O. The van der Waals surface area contributed by atoms with Crippen LogP contribution in [0.4, 0.5) is 14.9 Å². The van der Waals surface area contributed by atoms with Crippen LogP contribution in [0.5, 0.6) is 0 Å². The molecule has 0 radical (unpaired) electrons. The zero-order valence-electron chi connectivity index (χ0n) is 10.1. The second-order valence-corrected chi connectivity index (χ2v) is 4.76. The number of carbonyl (C=O) groups excluding carboxylic acids is 3. The second-order valence-electron chi connectivity index (χ2n) is 4.76. The first-order valence-electron chi connectivity index (χ1n) is 5.89. The van der Waals surface area contributed by atoms with E-state index in [1.165, 1.54) is 6.07 Å². The van der Waals surface area contributed by atoms with Crippen LogP contribution in [-0.4, -0.2) is 17.8 Å². The Kier molecular flexibility index (Phi) is 2.38. The molecule has 0 aromatic heterocycles. The van der Waals surface area contributed by atoms with Crippen LogP contribution in [0, 0.1) is 22.6 Å². The fourth-order valence-corrected chi connectivity index (χ4v) is 2.25. The molecular weight excluding hydrogens is 265 g/mol. The Morgan fingerprint density at radius 3 is 2.60 bits per heavy atom. The lowest BCUT2D eigenvalue weighted by Gasteiger charge is -2.30. The van der Waals surface area contributed by atoms with Crippen molar-refractivity contribution in [3.8, 4) is 6.07 Å². The van der Waals surface area contributed by atoms with E-state index in [9.17, 15) is 18.8 Å². The summed E-state index contributed by atoms with van der Waals surface area (Å²) in [6, 6.07) is 3.98. The summed E-state index contributed by atoms with van der Waals surface area (Å²) < 4.78 is 13.1. The van der Waals surface area contributed by atoms with E-state index in [0.29, 0.717) is 12.8 Å². The zero-order valence-corrected chi connectivity index (χ0v) is 10.1. The Balaban J connectivity index is 2.10. The topological polar surface area (TPSA) is 90.3 Å². The first kappa shape index (κ1) is 12.3. The number of anilines is 1. The van der Waals surface area contributed by atoms with Crippen LogP contribution in [0.2, 0.25) is 0 Å². The highest BCUT2D eigenvalue weighted by atomic mass is 19.1. The van der Waals surface area contributed by atoms with Gasteiger partial charge >= 0.3 is 6.03 Å². The lowest BCUT2D eigenvalue weighted by Crippen LogP contribution is -2.59. The number of amides is 4. The molecule has 6 nitrogen and oxygen atoms in total. The van der Waals surface area contributed by atoms with E-state index in [1.807, 2.05) is 0 Å². The third-order valence-corrected chi connectivity index (χ3v) is 3.54. The van der Waals surface area contributed by atoms with Crippen molar-refractivity contribution in [2.24, 2.45) is 5.41 Å². The lowest BCUT2D eigenvalue weighted by molar-refractivity contribution is -0.136. The van der Waals surface area contributed by atoms with Gasteiger partial charge in [0, 0.05) is 0 Å². The minimum absolute atomic E-state index is 0.0184. The number of nitrogens with one attached hydrogen (secondary N) is 1. The van der Waals surface area contributed by atoms with Crippen molar-refractivity contribution in [1.82, 2.24) is 5.32 Å². The predicted molar refractivity (Wildman–Crippen MR) is 63.8 cm³/mol. The Labute approximate surface area is 112 Å². The van der Waals surface area contributed by atoms with Gasteiger partial charge < -0.3 is 0 Å². The normalized spacial score (nSPS) is 19.8. The van der Waals surface area contributed by atoms with Crippen molar-refractivity contribution in [1.29, 1.82) is 5.26 Å². The van der Waals surface area contributed by atoms with Crippen molar-refractivity contribution in [2.75, 3.05) is 4.90 Å². The number of benzene rings is 1. The highest BCUT2D eigenvalue weighted by molar-refractivity contribution is 6.31. The minimum Gasteiger partial charge on any atom is -0.276 e. The molecule has 0 atom stereocenters. The number of carbonyl (C=O) groups is 3. The second kappa shape index (κ2) is 3.87. The molecule has 1 aliphatic heterocycles. The third kappa shape index (κ3) is 1.51. The predicted octanol–water partition coefficient (Wildman–Crippen LogP) is 1.06. The summed E-state index contributed by atoms with van der Waals surface area (Å²) in [5, 5.41) is 11.1. The van der Waals surface area contributed by atoms with Gasteiger partial charge in [-0.05, 0) is 31.0 Å². The average molecular weight is 273 g/mol. The number of halogens is 1. The van der Waals surface area contributed by atoms with Gasteiger partial charge in [-0.15, -0.1) is 0 Å². The fraction of sp³-hybridized carbons (Fsp3) is 0.231. The van der Waals surface area contributed by atoms with Crippen LogP contribution in [-0.2, 0) is 9.59 Å². The maximum atomic E-state index is 13.1. The summed E-state index contributed by atoms with van der Waals surface area (Å²) in [6.45, 7) is 0. The van der Waals surface area contributed by atoms with E-state index in [2.05, 4.69) is 5.32 Å². The molecule has 1 heterocycles. The van der Waals surface area contributed by atoms with E-state index in [1.54, 1.807) is 6.07 Å². The molecule has 1 saturated heterocycles. The van der Waals surface area contributed by atoms with Crippen LogP contribution >= 0.6 is 0 Å². The van der Waals surface area contributed by atoms with E-state index >= 15 is 0 Å². The maximum absolute atomic E-state index is 13.1. The number of urea groups is 1. The lowest BCUT2D eigenvalue weighted by atomic mass is 10.0. The Bertz CT molecular complexity index is 703. The van der Waals surface area contributed by atoms with E-state index in [0.717, 1.165) is 17.0 Å². The molecule has 1 spiro atoms. The summed E-state index contributed by atoms with van der Waals surface area (Å²) in [5.41, 5.74) is -1.36. The van der Waals surface area contributed by atoms with Gasteiger partial charge in [0.2, 0.25) is 5.91 Å². The first-order chi connectivity index (χ1) is 9.49.